The highest BCUT2D eigenvalue weighted by atomic mass is 31.2. The van der Waals surface area contributed by atoms with Crippen molar-refractivity contribution in [3.8, 4) is 17.6 Å². The molecule has 63 heavy (non-hydrogen) atoms. The predicted molar refractivity (Wildman–Crippen MR) is 247 cm³/mol. The Labute approximate surface area is 375 Å². The molecule has 1 aliphatic rings. The third-order valence-electron chi connectivity index (χ3n) is 11.6. The molecule has 0 radical (unpaired) electrons. The fourth-order valence-corrected chi connectivity index (χ4v) is 10.4. The zero-order valence-corrected chi connectivity index (χ0v) is 40.4. The average molecular weight is 902 g/mol. The van der Waals surface area contributed by atoms with E-state index in [1.807, 2.05) is 78.9 Å². The van der Waals surface area contributed by atoms with Crippen LogP contribution in [-0.4, -0.2) is 82.0 Å². The summed E-state index contributed by atoms with van der Waals surface area (Å²) in [6, 6.07) is 34.3. The van der Waals surface area contributed by atoms with E-state index in [2.05, 4.69) is 72.3 Å². The number of hydrogen-bond donors (Lipinski definition) is 0. The molecule has 0 saturated carbocycles. The second kappa shape index (κ2) is 22.1. The van der Waals surface area contributed by atoms with Crippen LogP contribution >= 0.6 is 8.53 Å². The van der Waals surface area contributed by atoms with Crippen molar-refractivity contribution in [2.75, 3.05) is 27.4 Å². The van der Waals surface area contributed by atoms with Gasteiger partial charge in [-0.15, -0.1) is 0 Å². The number of para-hydroxylation sites is 1. The maximum Gasteiger partial charge on any atom is 0.274 e. The van der Waals surface area contributed by atoms with E-state index in [-0.39, 0.29) is 49.1 Å². The molecule has 1 heterocycles. The summed E-state index contributed by atoms with van der Waals surface area (Å²) in [4.78, 5) is 11.7. The van der Waals surface area contributed by atoms with Crippen LogP contribution in [0.1, 0.15) is 77.1 Å². The van der Waals surface area contributed by atoms with Crippen molar-refractivity contribution in [1.82, 2.24) is 4.67 Å². The van der Waals surface area contributed by atoms with E-state index >= 15 is 0 Å². The Morgan fingerprint density at radius 1 is 0.825 bits per heavy atom. The number of nitro groups is 1. The SMILES string of the molecule is COc1ccc(C(OC[C@H]2O[C@@H](OCc3ccccc3[N+](=O)[O-])[C@H](O[Si](C)(C)C(C)(C)C)[C@@H]2OP(OCCC#N)N(C(C)C)C(C)C)(c2ccccc2)c2ccc(OC)cc2)cc1. The third-order valence-corrected chi connectivity index (χ3v) is 18.2. The minimum atomic E-state index is -2.61. The van der Waals surface area contributed by atoms with Crippen molar-refractivity contribution in [2.45, 2.75) is 122 Å². The number of nitrogens with zero attached hydrogens (tertiary/aromatic N) is 3. The maximum absolute atomic E-state index is 12.1. The second-order valence-corrected chi connectivity index (χ2v) is 23.7. The Hall–Kier alpha value is -4.26. The summed E-state index contributed by atoms with van der Waals surface area (Å²) in [5, 5.41) is 21.4. The summed E-state index contributed by atoms with van der Waals surface area (Å²) >= 11 is 0. The lowest BCUT2D eigenvalue weighted by molar-refractivity contribution is -0.386. The van der Waals surface area contributed by atoms with Gasteiger partial charge in [0.25, 0.3) is 14.2 Å². The van der Waals surface area contributed by atoms with E-state index in [0.29, 0.717) is 17.1 Å². The first-order valence-electron chi connectivity index (χ1n) is 21.4. The predicted octanol–water partition coefficient (Wildman–Crippen LogP) is 10.9. The number of methoxy groups -OCH3 is 2. The summed E-state index contributed by atoms with van der Waals surface area (Å²) in [6.45, 7) is 19.1. The van der Waals surface area contributed by atoms with E-state index < -0.39 is 52.0 Å². The minimum absolute atomic E-state index is 0.0107. The molecule has 1 aliphatic heterocycles. The molecular formula is C48H64N3O10PSi. The topological polar surface area (TPSA) is 144 Å². The van der Waals surface area contributed by atoms with Crippen molar-refractivity contribution < 1.29 is 42.1 Å². The molecule has 1 unspecified atom stereocenters. The number of ether oxygens (including phenoxy) is 5. The highest BCUT2D eigenvalue weighted by Gasteiger charge is 2.54. The first-order valence-corrected chi connectivity index (χ1v) is 25.4. The quantitative estimate of drug-likeness (QED) is 0.0185. The molecule has 15 heteroatoms. The van der Waals surface area contributed by atoms with Gasteiger partial charge < -0.3 is 37.2 Å². The van der Waals surface area contributed by atoms with Gasteiger partial charge in [-0.2, -0.15) is 5.26 Å². The normalized spacial score (nSPS) is 18.7. The molecule has 1 fully saturated rings. The van der Waals surface area contributed by atoms with Gasteiger partial charge in [0.05, 0.1) is 57.0 Å². The molecule has 0 N–H and O–H groups in total. The van der Waals surface area contributed by atoms with Crippen molar-refractivity contribution in [1.29, 1.82) is 5.26 Å². The molecule has 0 bridgehead atoms. The summed E-state index contributed by atoms with van der Waals surface area (Å²) in [6.07, 6.45) is -3.33. The first kappa shape index (κ1) is 49.7. The van der Waals surface area contributed by atoms with Crippen LogP contribution in [0.3, 0.4) is 0 Å². The molecule has 5 rings (SSSR count). The summed E-state index contributed by atoms with van der Waals surface area (Å²) in [7, 11) is -1.16. The molecule has 4 aromatic carbocycles. The van der Waals surface area contributed by atoms with Crippen LogP contribution in [0.25, 0.3) is 0 Å². The maximum atomic E-state index is 12.1. The highest BCUT2D eigenvalue weighted by Crippen LogP contribution is 2.51. The van der Waals surface area contributed by atoms with Crippen LogP contribution in [0.2, 0.25) is 18.1 Å². The van der Waals surface area contributed by atoms with Crippen LogP contribution in [0.15, 0.2) is 103 Å². The smallest absolute Gasteiger partial charge is 0.274 e. The molecule has 5 atom stereocenters. The average Bonchev–Trinajstić information content (AvgIpc) is 3.57. The molecule has 1 saturated heterocycles. The van der Waals surface area contributed by atoms with Gasteiger partial charge >= 0.3 is 0 Å². The van der Waals surface area contributed by atoms with Crippen molar-refractivity contribution in [3.63, 3.8) is 0 Å². The molecule has 0 aromatic heterocycles. The Kier molecular flexibility index (Phi) is 17.4. The van der Waals surface area contributed by atoms with E-state index in [0.717, 1.165) is 16.7 Å². The Bertz CT molecular complexity index is 2040. The van der Waals surface area contributed by atoms with Crippen LogP contribution in [0.5, 0.6) is 11.5 Å². The van der Waals surface area contributed by atoms with Gasteiger partial charge in [-0.25, -0.2) is 4.67 Å². The van der Waals surface area contributed by atoms with Gasteiger partial charge in [0, 0.05) is 18.2 Å². The van der Waals surface area contributed by atoms with Crippen LogP contribution in [0.4, 0.5) is 5.69 Å². The van der Waals surface area contributed by atoms with E-state index in [9.17, 15) is 15.4 Å². The fourth-order valence-electron chi connectivity index (χ4n) is 7.39. The summed E-state index contributed by atoms with van der Waals surface area (Å²) < 4.78 is 55.3. The number of nitriles is 1. The molecule has 340 valence electrons. The van der Waals surface area contributed by atoms with Gasteiger partial charge in [0.1, 0.15) is 35.4 Å². The Morgan fingerprint density at radius 2 is 1.37 bits per heavy atom. The van der Waals surface area contributed by atoms with Crippen LogP contribution in [0, 0.1) is 21.4 Å². The van der Waals surface area contributed by atoms with Gasteiger partial charge in [0.15, 0.2) is 14.6 Å². The van der Waals surface area contributed by atoms with Gasteiger partial charge in [-0.05, 0) is 92.8 Å². The van der Waals surface area contributed by atoms with Crippen molar-refractivity contribution in [3.05, 3.63) is 135 Å². The molecule has 0 spiro atoms. The Morgan fingerprint density at radius 3 is 1.87 bits per heavy atom. The first-order chi connectivity index (χ1) is 30.0. The van der Waals surface area contributed by atoms with E-state index in [1.54, 1.807) is 32.4 Å². The van der Waals surface area contributed by atoms with Gasteiger partial charge in [-0.1, -0.05) is 87.5 Å². The van der Waals surface area contributed by atoms with Crippen molar-refractivity contribution in [2.24, 2.45) is 0 Å². The number of hydrogen-bond acceptors (Lipinski definition) is 12. The lowest BCUT2D eigenvalue weighted by atomic mass is 9.80. The lowest BCUT2D eigenvalue weighted by Gasteiger charge is -2.42. The second-order valence-electron chi connectivity index (χ2n) is 17.5. The standard InChI is InChI=1S/C48H64N3O10PSi/c1-34(2)50(35(3)4)62(58-31-17-30-49)60-44-43(59-46(45(44)61-63(10,11)47(5,6)7)56-32-36-18-15-16-21-42(36)51(52)53)33-57-48(37-19-13-12-14-20-37,38-22-26-40(54-8)27-23-38)39-24-28-41(55-9)29-25-39/h12-16,18-29,34-35,43-46H,17,31-33H2,1-11H3/t43-,44-,45-,46-,62?/m1/s1. The lowest BCUT2D eigenvalue weighted by Crippen LogP contribution is -2.51. The molecule has 13 nitrogen and oxygen atoms in total. The number of nitro benzene ring substituents is 1. The van der Waals surface area contributed by atoms with E-state index in [4.69, 9.17) is 37.2 Å². The zero-order chi connectivity index (χ0) is 46.0. The van der Waals surface area contributed by atoms with Gasteiger partial charge in [-0.3, -0.25) is 10.1 Å². The Balaban J connectivity index is 1.69. The number of benzene rings is 4. The molecule has 4 aromatic rings. The number of rotatable bonds is 22. The van der Waals surface area contributed by atoms with Gasteiger partial charge in [0.2, 0.25) is 0 Å². The van der Waals surface area contributed by atoms with Crippen LogP contribution in [-0.2, 0) is 39.9 Å². The van der Waals surface area contributed by atoms with E-state index in [1.165, 1.54) is 6.07 Å². The van der Waals surface area contributed by atoms with Crippen molar-refractivity contribution >= 4 is 22.5 Å². The fraction of sp³-hybridized carbons (Fsp3) is 0.479. The molecular weight excluding hydrogens is 838 g/mol. The minimum Gasteiger partial charge on any atom is -0.497 e. The summed E-state index contributed by atoms with van der Waals surface area (Å²) in [5.41, 5.74) is 1.67. The third kappa shape index (κ3) is 11.9. The summed E-state index contributed by atoms with van der Waals surface area (Å²) in [5.74, 6) is 1.38. The highest BCUT2D eigenvalue weighted by molar-refractivity contribution is 7.44. The zero-order valence-electron chi connectivity index (χ0n) is 38.5. The largest absolute Gasteiger partial charge is 0.497 e. The van der Waals surface area contributed by atoms with Crippen LogP contribution < -0.4 is 9.47 Å². The molecule has 0 amide bonds. The monoisotopic (exact) mass is 901 g/mol. The molecule has 0 aliphatic carbocycles.